The van der Waals surface area contributed by atoms with Crippen molar-refractivity contribution in [2.24, 2.45) is 23.7 Å². The first kappa shape index (κ1) is 24.7. The fourth-order valence-corrected chi connectivity index (χ4v) is 8.00. The van der Waals surface area contributed by atoms with Crippen LogP contribution in [0, 0.1) is 37.5 Å². The van der Waals surface area contributed by atoms with E-state index in [1.54, 1.807) is 11.8 Å². The van der Waals surface area contributed by atoms with Crippen molar-refractivity contribution in [1.82, 2.24) is 0 Å². The number of aryl methyl sites for hydroxylation is 2. The fourth-order valence-electron chi connectivity index (χ4n) is 6.98. The van der Waals surface area contributed by atoms with Gasteiger partial charge in [-0.25, -0.2) is 0 Å². The molecule has 5 nitrogen and oxygen atoms in total. The summed E-state index contributed by atoms with van der Waals surface area (Å²) in [7, 11) is 0. The van der Waals surface area contributed by atoms with Gasteiger partial charge in [-0.2, -0.15) is 0 Å². The second-order valence-corrected chi connectivity index (χ2v) is 12.0. The molecule has 6 rings (SSSR count). The molecule has 2 N–H and O–H groups in total. The number of rotatable bonds is 10. The second kappa shape index (κ2) is 10.2. The average molecular weight is 497 g/mol. The summed E-state index contributed by atoms with van der Waals surface area (Å²) in [4.78, 5) is 13.8. The molecule has 0 spiro atoms. The van der Waals surface area contributed by atoms with Crippen LogP contribution < -0.4 is 9.47 Å². The third kappa shape index (κ3) is 5.11. The van der Waals surface area contributed by atoms with Gasteiger partial charge in [0.15, 0.2) is 0 Å². The van der Waals surface area contributed by atoms with Crippen LogP contribution in [0.2, 0.25) is 0 Å². The first-order valence-corrected chi connectivity index (χ1v) is 13.6. The van der Waals surface area contributed by atoms with E-state index in [2.05, 4.69) is 31.2 Å². The van der Waals surface area contributed by atoms with Crippen LogP contribution in [0.1, 0.15) is 49.7 Å². The molecule has 0 aliphatic heterocycles. The van der Waals surface area contributed by atoms with Crippen molar-refractivity contribution < 1.29 is 24.5 Å². The quantitative estimate of drug-likeness (QED) is 0.432. The van der Waals surface area contributed by atoms with Gasteiger partial charge in [0.05, 0.1) is 6.61 Å². The Labute approximate surface area is 212 Å². The molecule has 0 aromatic heterocycles. The fraction of sp³-hybridized carbons (Fsp3) is 0.552. The minimum absolute atomic E-state index is 0.0714. The number of hydrogen-bond acceptors (Lipinski definition) is 6. The first-order chi connectivity index (χ1) is 16.9. The lowest BCUT2D eigenvalue weighted by Gasteiger charge is -2.60. The van der Waals surface area contributed by atoms with Crippen LogP contribution in [0.5, 0.6) is 11.5 Å². The maximum absolute atomic E-state index is 11.5. The molecule has 4 fully saturated rings. The number of aldehydes is 1. The minimum Gasteiger partial charge on any atom is -0.491 e. The monoisotopic (exact) mass is 496 g/mol. The summed E-state index contributed by atoms with van der Waals surface area (Å²) in [5, 5.41) is 18.5. The van der Waals surface area contributed by atoms with Gasteiger partial charge < -0.3 is 24.5 Å². The second-order valence-electron chi connectivity index (χ2n) is 10.9. The van der Waals surface area contributed by atoms with Gasteiger partial charge in [0.2, 0.25) is 0 Å². The number of aliphatic hydroxyl groups excluding tert-OH is 2. The van der Waals surface area contributed by atoms with Crippen LogP contribution in [0.25, 0.3) is 0 Å². The SMILES string of the molecule is Cc1cc(Sc2ccc(OC34CC5CC(CC(C5)C3CC=O)C4)c(C)c2)ccc1OCC(O)CO. The van der Waals surface area contributed by atoms with E-state index in [9.17, 15) is 9.90 Å². The van der Waals surface area contributed by atoms with Crippen LogP contribution in [-0.2, 0) is 4.79 Å². The van der Waals surface area contributed by atoms with E-state index >= 15 is 0 Å². The molecule has 0 heterocycles. The van der Waals surface area contributed by atoms with E-state index in [-0.39, 0.29) is 18.8 Å². The van der Waals surface area contributed by atoms with Gasteiger partial charge in [-0.15, -0.1) is 0 Å². The average Bonchev–Trinajstić information content (AvgIpc) is 2.82. The van der Waals surface area contributed by atoms with Crippen molar-refractivity contribution in [2.45, 2.75) is 73.9 Å². The molecule has 2 aromatic carbocycles. The number of carbonyl (C=O) groups excluding carboxylic acids is 1. The Bertz CT molecular complexity index is 1060. The van der Waals surface area contributed by atoms with E-state index in [4.69, 9.17) is 14.6 Å². The van der Waals surface area contributed by atoms with E-state index < -0.39 is 6.10 Å². The maximum atomic E-state index is 11.5. The molecule has 2 aromatic rings. The zero-order chi connectivity index (χ0) is 24.6. The maximum Gasteiger partial charge on any atom is 0.123 e. The van der Waals surface area contributed by atoms with Crippen LogP contribution in [0.4, 0.5) is 0 Å². The highest BCUT2D eigenvalue weighted by Crippen LogP contribution is 2.60. The van der Waals surface area contributed by atoms with Crippen molar-refractivity contribution in [3.63, 3.8) is 0 Å². The van der Waals surface area contributed by atoms with Gasteiger partial charge in [0.25, 0.3) is 0 Å². The molecule has 188 valence electrons. The predicted molar refractivity (Wildman–Crippen MR) is 136 cm³/mol. The van der Waals surface area contributed by atoms with Gasteiger partial charge in [-0.1, -0.05) is 11.8 Å². The first-order valence-electron chi connectivity index (χ1n) is 12.8. The third-order valence-corrected chi connectivity index (χ3v) is 9.27. The van der Waals surface area contributed by atoms with Crippen molar-refractivity contribution in [3.05, 3.63) is 47.5 Å². The highest BCUT2D eigenvalue weighted by molar-refractivity contribution is 7.99. The lowest BCUT2D eigenvalue weighted by Crippen LogP contribution is -2.60. The standard InChI is InChI=1S/C29H36O5S/c1-18-9-24(3-5-27(18)33-17-23(32)16-31)35-25-4-6-28(19(2)10-25)34-29-14-20-11-21(15-29)13-22(12-20)26(29)7-8-30/h3-6,8-10,20-23,26,31-32H,7,11-17H2,1-2H3. The van der Waals surface area contributed by atoms with Gasteiger partial charge in [-0.05, 0) is 111 Å². The lowest BCUT2D eigenvalue weighted by molar-refractivity contribution is -0.159. The highest BCUT2D eigenvalue weighted by atomic mass is 32.2. The van der Waals surface area contributed by atoms with E-state index in [1.807, 2.05) is 19.1 Å². The molecule has 0 amide bonds. The molecule has 4 aliphatic carbocycles. The third-order valence-electron chi connectivity index (χ3n) is 8.29. The zero-order valence-electron chi connectivity index (χ0n) is 20.6. The molecule has 35 heavy (non-hydrogen) atoms. The molecular formula is C29H36O5S. The topological polar surface area (TPSA) is 76.0 Å². The Kier molecular flexibility index (Phi) is 7.16. The number of ether oxygens (including phenoxy) is 2. The van der Waals surface area contributed by atoms with Gasteiger partial charge in [0, 0.05) is 22.1 Å². The molecular weight excluding hydrogens is 460 g/mol. The highest BCUT2D eigenvalue weighted by Gasteiger charge is 2.58. The van der Waals surface area contributed by atoms with E-state index in [1.165, 1.54) is 19.3 Å². The summed E-state index contributed by atoms with van der Waals surface area (Å²) in [6.45, 7) is 3.85. The molecule has 4 saturated carbocycles. The van der Waals surface area contributed by atoms with Crippen molar-refractivity contribution in [3.8, 4) is 11.5 Å². The Morgan fingerprint density at radius 2 is 1.66 bits per heavy atom. The molecule has 4 bridgehead atoms. The summed E-state index contributed by atoms with van der Waals surface area (Å²) < 4.78 is 12.5. The number of hydrogen-bond donors (Lipinski definition) is 2. The van der Waals surface area contributed by atoms with Crippen LogP contribution in [-0.4, -0.2) is 41.4 Å². The Balaban J connectivity index is 1.29. The Morgan fingerprint density at radius 1 is 1.03 bits per heavy atom. The molecule has 4 aliphatic rings. The van der Waals surface area contributed by atoms with Gasteiger partial charge in [0.1, 0.15) is 36.1 Å². The summed E-state index contributed by atoms with van der Waals surface area (Å²) in [6.07, 6.45) is 6.94. The summed E-state index contributed by atoms with van der Waals surface area (Å²) in [5.74, 6) is 4.17. The molecule has 4 atom stereocenters. The summed E-state index contributed by atoms with van der Waals surface area (Å²) in [6, 6.07) is 12.4. The number of carbonyl (C=O) groups is 1. The van der Waals surface area contributed by atoms with Crippen LogP contribution >= 0.6 is 11.8 Å². The van der Waals surface area contributed by atoms with Crippen molar-refractivity contribution in [1.29, 1.82) is 0 Å². The van der Waals surface area contributed by atoms with Crippen LogP contribution in [0.3, 0.4) is 0 Å². The predicted octanol–water partition coefficient (Wildman–Crippen LogP) is 5.35. The molecule has 0 saturated heterocycles. The summed E-state index contributed by atoms with van der Waals surface area (Å²) >= 11 is 1.69. The normalized spacial score (nSPS) is 29.7. The van der Waals surface area contributed by atoms with E-state index in [0.29, 0.717) is 24.0 Å². The van der Waals surface area contributed by atoms with Gasteiger partial charge in [-0.3, -0.25) is 0 Å². The number of benzene rings is 2. The van der Waals surface area contributed by atoms with Crippen molar-refractivity contribution >= 4 is 18.0 Å². The van der Waals surface area contributed by atoms with E-state index in [0.717, 1.165) is 57.6 Å². The Hall–Kier alpha value is -2.02. The summed E-state index contributed by atoms with van der Waals surface area (Å²) in [5.41, 5.74) is 1.94. The zero-order valence-corrected chi connectivity index (χ0v) is 21.4. The van der Waals surface area contributed by atoms with Gasteiger partial charge >= 0.3 is 0 Å². The minimum atomic E-state index is -0.876. The molecule has 4 unspecified atom stereocenters. The van der Waals surface area contributed by atoms with Crippen molar-refractivity contribution in [2.75, 3.05) is 13.2 Å². The van der Waals surface area contributed by atoms with Crippen LogP contribution in [0.15, 0.2) is 46.2 Å². The Morgan fingerprint density at radius 3 is 2.23 bits per heavy atom. The largest absolute Gasteiger partial charge is 0.491 e. The number of aliphatic hydroxyl groups is 2. The lowest BCUT2D eigenvalue weighted by atomic mass is 9.49. The molecule has 6 heteroatoms. The smallest absolute Gasteiger partial charge is 0.123 e. The molecule has 0 radical (unpaired) electrons.